The summed E-state index contributed by atoms with van der Waals surface area (Å²) in [6.07, 6.45) is -4.58. The third kappa shape index (κ3) is 3.93. The molecule has 0 N–H and O–H groups in total. The number of rotatable bonds is 3. The molecule has 1 atom stereocenters. The van der Waals surface area contributed by atoms with Gasteiger partial charge in [0, 0.05) is 12.3 Å². The maximum absolute atomic E-state index is 13.2. The molecule has 3 rings (SSSR count). The van der Waals surface area contributed by atoms with E-state index in [-0.39, 0.29) is 11.6 Å². The van der Waals surface area contributed by atoms with Crippen LogP contribution in [0, 0.1) is 0 Å². The summed E-state index contributed by atoms with van der Waals surface area (Å²) in [5.41, 5.74) is -0.282. The second kappa shape index (κ2) is 7.53. The number of benzene rings is 2. The van der Waals surface area contributed by atoms with Gasteiger partial charge >= 0.3 is 6.18 Å². The van der Waals surface area contributed by atoms with Gasteiger partial charge in [-0.3, -0.25) is 14.7 Å². The van der Waals surface area contributed by atoms with Crippen LogP contribution in [-0.2, 0) is 6.18 Å². The van der Waals surface area contributed by atoms with Crippen molar-refractivity contribution in [2.45, 2.75) is 19.1 Å². The monoisotopic (exact) mass is 378 g/mol. The van der Waals surface area contributed by atoms with E-state index in [2.05, 4.69) is 4.99 Å². The van der Waals surface area contributed by atoms with E-state index < -0.39 is 17.6 Å². The minimum absolute atomic E-state index is 0.190. The summed E-state index contributed by atoms with van der Waals surface area (Å²) in [5.74, 6) is -0.0535. The minimum atomic E-state index is -4.58. The summed E-state index contributed by atoms with van der Waals surface area (Å²) in [7, 11) is 0. The summed E-state index contributed by atoms with van der Waals surface area (Å²) < 4.78 is 39.7. The normalized spacial score (nSPS) is 17.5. The summed E-state index contributed by atoms with van der Waals surface area (Å²) >= 11 is 1.38. The molecule has 1 fully saturated rings. The smallest absolute Gasteiger partial charge is 0.287 e. The van der Waals surface area contributed by atoms with Gasteiger partial charge in [-0.15, -0.1) is 0 Å². The Balaban J connectivity index is 1.89. The average molecular weight is 378 g/mol. The van der Waals surface area contributed by atoms with Crippen LogP contribution in [0.15, 0.2) is 59.6 Å². The van der Waals surface area contributed by atoms with Crippen molar-refractivity contribution < 1.29 is 18.0 Å². The van der Waals surface area contributed by atoms with Gasteiger partial charge in [0.05, 0.1) is 17.2 Å². The van der Waals surface area contributed by atoms with E-state index in [0.29, 0.717) is 17.5 Å². The number of amides is 1. The average Bonchev–Trinajstić information content (AvgIpc) is 3.09. The van der Waals surface area contributed by atoms with E-state index in [4.69, 9.17) is 0 Å². The summed E-state index contributed by atoms with van der Waals surface area (Å²) in [4.78, 5) is 18.7. The zero-order valence-electron chi connectivity index (χ0n) is 14.0. The highest BCUT2D eigenvalue weighted by Gasteiger charge is 2.37. The van der Waals surface area contributed by atoms with Crippen molar-refractivity contribution in [2.24, 2.45) is 4.99 Å². The van der Waals surface area contributed by atoms with Gasteiger partial charge in [-0.2, -0.15) is 13.2 Å². The molecule has 0 radical (unpaired) electrons. The van der Waals surface area contributed by atoms with E-state index in [0.717, 1.165) is 11.6 Å². The Morgan fingerprint density at radius 2 is 1.77 bits per heavy atom. The molecule has 1 amide bonds. The number of alkyl halides is 3. The lowest BCUT2D eigenvalue weighted by molar-refractivity contribution is -0.138. The molecule has 0 aromatic heterocycles. The van der Waals surface area contributed by atoms with Crippen LogP contribution in [0.3, 0.4) is 0 Å². The highest BCUT2D eigenvalue weighted by Crippen LogP contribution is 2.33. The molecular weight excluding hydrogens is 361 g/mol. The van der Waals surface area contributed by atoms with Gasteiger partial charge in [0.2, 0.25) is 0 Å². The summed E-state index contributed by atoms with van der Waals surface area (Å²) in [6.45, 7) is 2.24. The molecule has 7 heteroatoms. The Morgan fingerprint density at radius 1 is 1.12 bits per heavy atom. The molecule has 26 heavy (non-hydrogen) atoms. The number of aliphatic imine (C=N–C) groups is 1. The lowest BCUT2D eigenvalue weighted by atomic mass is 10.1. The van der Waals surface area contributed by atoms with Crippen molar-refractivity contribution in [3.05, 3.63) is 71.3 Å². The molecule has 1 saturated heterocycles. The first-order chi connectivity index (χ1) is 12.4. The first-order valence-electron chi connectivity index (χ1n) is 8.11. The van der Waals surface area contributed by atoms with Gasteiger partial charge in [0.15, 0.2) is 5.17 Å². The van der Waals surface area contributed by atoms with Gasteiger partial charge in [0.25, 0.3) is 5.91 Å². The molecule has 0 unspecified atom stereocenters. The molecule has 0 spiro atoms. The number of nitrogens with zero attached hydrogens (tertiary/aromatic N) is 2. The van der Waals surface area contributed by atoms with Crippen LogP contribution in [0.5, 0.6) is 0 Å². The standard InChI is InChI=1S/C19H17F3N2OS/c1-13(14-7-3-2-4-8-14)23-18-24(11-12-26-18)17(25)15-9-5-6-10-16(15)19(20,21)22/h2-10,13H,11-12H2,1H3/t13-/m1/s1. The first-order valence-corrected chi connectivity index (χ1v) is 9.10. The van der Waals surface area contributed by atoms with E-state index in [1.807, 2.05) is 37.3 Å². The molecule has 2 aromatic rings. The van der Waals surface area contributed by atoms with Crippen molar-refractivity contribution in [1.29, 1.82) is 0 Å². The lowest BCUT2D eigenvalue weighted by Crippen LogP contribution is -2.33. The molecule has 1 aliphatic rings. The summed E-state index contributed by atoms with van der Waals surface area (Å²) in [5, 5.41) is 0.461. The molecule has 2 aromatic carbocycles. The fraction of sp³-hybridized carbons (Fsp3) is 0.263. The van der Waals surface area contributed by atoms with Crippen molar-refractivity contribution in [3.8, 4) is 0 Å². The Labute approximate surface area is 153 Å². The van der Waals surface area contributed by atoms with Crippen molar-refractivity contribution in [1.82, 2.24) is 4.90 Å². The minimum Gasteiger partial charge on any atom is -0.287 e. The molecule has 136 valence electrons. The van der Waals surface area contributed by atoms with Gasteiger partial charge in [-0.05, 0) is 24.6 Å². The van der Waals surface area contributed by atoms with E-state index in [1.165, 1.54) is 34.9 Å². The van der Waals surface area contributed by atoms with E-state index >= 15 is 0 Å². The third-order valence-corrected chi connectivity index (χ3v) is 5.04. The Morgan fingerprint density at radius 3 is 2.46 bits per heavy atom. The van der Waals surface area contributed by atoms with Crippen LogP contribution >= 0.6 is 11.8 Å². The molecular formula is C19H17F3N2OS. The van der Waals surface area contributed by atoms with E-state index in [9.17, 15) is 18.0 Å². The van der Waals surface area contributed by atoms with Crippen LogP contribution in [0.1, 0.15) is 34.5 Å². The van der Waals surface area contributed by atoms with Crippen LogP contribution < -0.4 is 0 Å². The Hall–Kier alpha value is -2.28. The Kier molecular flexibility index (Phi) is 5.36. The number of amidine groups is 1. The van der Waals surface area contributed by atoms with Gasteiger partial charge < -0.3 is 0 Å². The van der Waals surface area contributed by atoms with Crippen molar-refractivity contribution >= 4 is 22.8 Å². The van der Waals surface area contributed by atoms with Crippen LogP contribution in [0.2, 0.25) is 0 Å². The first kappa shape index (κ1) is 18.5. The van der Waals surface area contributed by atoms with E-state index in [1.54, 1.807) is 0 Å². The topological polar surface area (TPSA) is 32.7 Å². The van der Waals surface area contributed by atoms with Crippen molar-refractivity contribution in [3.63, 3.8) is 0 Å². The number of thioether (sulfide) groups is 1. The van der Waals surface area contributed by atoms with Gasteiger partial charge in [0.1, 0.15) is 0 Å². The maximum atomic E-state index is 13.2. The maximum Gasteiger partial charge on any atom is 0.417 e. The van der Waals surface area contributed by atoms with Crippen LogP contribution in [0.4, 0.5) is 13.2 Å². The van der Waals surface area contributed by atoms with Crippen LogP contribution in [-0.4, -0.2) is 28.3 Å². The predicted octanol–water partition coefficient (Wildman–Crippen LogP) is 5.01. The number of carbonyl (C=O) groups excluding carboxylic acids is 1. The largest absolute Gasteiger partial charge is 0.417 e. The SMILES string of the molecule is C[C@@H](N=C1SCCN1C(=O)c1ccccc1C(F)(F)F)c1ccccc1. The highest BCUT2D eigenvalue weighted by atomic mass is 32.2. The second-order valence-electron chi connectivity index (χ2n) is 5.85. The quantitative estimate of drug-likeness (QED) is 0.752. The lowest BCUT2D eigenvalue weighted by Gasteiger charge is -2.20. The molecule has 0 bridgehead atoms. The molecule has 0 saturated carbocycles. The second-order valence-corrected chi connectivity index (χ2v) is 6.91. The van der Waals surface area contributed by atoms with Gasteiger partial charge in [-0.1, -0.05) is 54.2 Å². The molecule has 0 aliphatic carbocycles. The number of carbonyl (C=O) groups is 1. The fourth-order valence-corrected chi connectivity index (χ4v) is 3.75. The molecule has 1 heterocycles. The Bertz CT molecular complexity index is 821. The predicted molar refractivity (Wildman–Crippen MR) is 97.2 cm³/mol. The number of hydrogen-bond donors (Lipinski definition) is 0. The van der Waals surface area contributed by atoms with Crippen LogP contribution in [0.25, 0.3) is 0 Å². The third-order valence-electron chi connectivity index (χ3n) is 4.07. The van der Waals surface area contributed by atoms with Crippen molar-refractivity contribution in [2.75, 3.05) is 12.3 Å². The number of halogens is 3. The molecule has 3 nitrogen and oxygen atoms in total. The number of hydrogen-bond acceptors (Lipinski definition) is 3. The fourth-order valence-electron chi connectivity index (χ4n) is 2.73. The van der Waals surface area contributed by atoms with Gasteiger partial charge in [-0.25, -0.2) is 0 Å². The molecule has 1 aliphatic heterocycles. The highest BCUT2D eigenvalue weighted by molar-refractivity contribution is 8.14. The summed E-state index contributed by atoms with van der Waals surface area (Å²) in [6, 6.07) is 14.2. The zero-order chi connectivity index (χ0) is 18.7. The zero-order valence-corrected chi connectivity index (χ0v) is 14.8.